The third-order valence-corrected chi connectivity index (χ3v) is 5.01. The number of aryl methyl sites for hydroxylation is 1. The zero-order valence-corrected chi connectivity index (χ0v) is 16.4. The maximum atomic E-state index is 12.5. The van der Waals surface area contributed by atoms with E-state index in [-0.39, 0.29) is 17.9 Å². The number of fused-ring (bicyclic) bond motifs is 2. The Morgan fingerprint density at radius 1 is 1.14 bits per heavy atom. The molecule has 0 aliphatic rings. The molecule has 0 bridgehead atoms. The van der Waals surface area contributed by atoms with Gasteiger partial charge in [0.15, 0.2) is 0 Å². The van der Waals surface area contributed by atoms with Crippen molar-refractivity contribution in [2.24, 2.45) is 7.05 Å². The van der Waals surface area contributed by atoms with E-state index in [1.807, 2.05) is 48.7 Å². The monoisotopic (exact) mass is 390 g/mol. The van der Waals surface area contributed by atoms with E-state index in [4.69, 9.17) is 4.74 Å². The molecule has 4 aromatic rings. The van der Waals surface area contributed by atoms with Crippen molar-refractivity contribution in [1.29, 1.82) is 0 Å². The van der Waals surface area contributed by atoms with Gasteiger partial charge < -0.3 is 14.6 Å². The number of methoxy groups -OCH3 is 1. The zero-order chi connectivity index (χ0) is 20.4. The highest BCUT2D eigenvalue weighted by molar-refractivity contribution is 5.88. The van der Waals surface area contributed by atoms with Gasteiger partial charge in [-0.1, -0.05) is 18.2 Å². The third-order valence-electron chi connectivity index (χ3n) is 5.01. The Kier molecular flexibility index (Phi) is 5.03. The summed E-state index contributed by atoms with van der Waals surface area (Å²) in [7, 11) is 3.25. The average molecular weight is 390 g/mol. The average Bonchev–Trinajstić information content (AvgIpc) is 3.14. The van der Waals surface area contributed by atoms with Crippen LogP contribution in [0.1, 0.15) is 5.69 Å². The zero-order valence-electron chi connectivity index (χ0n) is 16.4. The van der Waals surface area contributed by atoms with E-state index < -0.39 is 0 Å². The molecule has 0 aliphatic heterocycles. The molecule has 0 atom stereocenters. The first-order valence-corrected chi connectivity index (χ1v) is 9.41. The Bertz CT molecular complexity index is 1260. The Morgan fingerprint density at radius 3 is 2.72 bits per heavy atom. The molecule has 7 nitrogen and oxygen atoms in total. The highest BCUT2D eigenvalue weighted by Gasteiger charge is 2.12. The summed E-state index contributed by atoms with van der Waals surface area (Å²) in [5.74, 6) is 0.694. The standard InChI is InChI=1S/C22H22N4O3/c1-25-22(28)18-6-4-3-5-17(18)19(24-25)14-21(27)23-10-12-26-11-9-15-13-16(29-2)7-8-20(15)26/h3-9,11,13H,10,12,14H2,1-2H3,(H,23,27). The van der Waals surface area contributed by atoms with Crippen molar-refractivity contribution < 1.29 is 9.53 Å². The predicted octanol–water partition coefficient (Wildman–Crippen LogP) is 2.26. The topological polar surface area (TPSA) is 78.2 Å². The van der Waals surface area contributed by atoms with Crippen molar-refractivity contribution in [3.05, 3.63) is 70.8 Å². The van der Waals surface area contributed by atoms with E-state index >= 15 is 0 Å². The summed E-state index contributed by atoms with van der Waals surface area (Å²) in [6.45, 7) is 1.15. The number of amides is 1. The number of carbonyl (C=O) groups excluding carboxylic acids is 1. The molecule has 1 N–H and O–H groups in total. The third kappa shape index (κ3) is 3.71. The van der Waals surface area contributed by atoms with Crippen molar-refractivity contribution in [2.75, 3.05) is 13.7 Å². The van der Waals surface area contributed by atoms with Crippen LogP contribution in [0.2, 0.25) is 0 Å². The summed E-state index contributed by atoms with van der Waals surface area (Å²) in [6, 6.07) is 15.2. The van der Waals surface area contributed by atoms with Gasteiger partial charge in [0.25, 0.3) is 5.56 Å². The first-order chi connectivity index (χ1) is 14.1. The SMILES string of the molecule is COc1ccc2c(ccn2CCNC(=O)Cc2nn(C)c(=O)c3ccccc23)c1. The summed E-state index contributed by atoms with van der Waals surface area (Å²) in [4.78, 5) is 24.7. The fraction of sp³-hybridized carbons (Fsp3) is 0.227. The van der Waals surface area contributed by atoms with E-state index in [1.54, 1.807) is 20.2 Å². The van der Waals surface area contributed by atoms with E-state index in [2.05, 4.69) is 15.0 Å². The number of hydrogen-bond acceptors (Lipinski definition) is 4. The van der Waals surface area contributed by atoms with Crippen LogP contribution in [-0.2, 0) is 24.8 Å². The van der Waals surface area contributed by atoms with Crippen molar-refractivity contribution >= 4 is 27.6 Å². The summed E-state index contributed by atoms with van der Waals surface area (Å²) in [6.07, 6.45) is 2.12. The lowest BCUT2D eigenvalue weighted by atomic mass is 10.1. The summed E-state index contributed by atoms with van der Waals surface area (Å²) in [5.41, 5.74) is 1.52. The minimum Gasteiger partial charge on any atom is -0.497 e. The Balaban J connectivity index is 1.43. The molecular weight excluding hydrogens is 368 g/mol. The van der Waals surface area contributed by atoms with Crippen molar-refractivity contribution in [3.63, 3.8) is 0 Å². The lowest BCUT2D eigenvalue weighted by Crippen LogP contribution is -2.30. The van der Waals surface area contributed by atoms with Crippen LogP contribution < -0.4 is 15.6 Å². The Morgan fingerprint density at radius 2 is 1.93 bits per heavy atom. The molecule has 7 heteroatoms. The number of nitrogens with zero attached hydrogens (tertiary/aromatic N) is 3. The number of ether oxygens (including phenoxy) is 1. The van der Waals surface area contributed by atoms with Gasteiger partial charge in [-0.2, -0.15) is 5.10 Å². The normalized spacial score (nSPS) is 11.1. The lowest BCUT2D eigenvalue weighted by Gasteiger charge is -2.10. The number of hydrogen-bond donors (Lipinski definition) is 1. The van der Waals surface area contributed by atoms with Crippen LogP contribution in [-0.4, -0.2) is 33.9 Å². The van der Waals surface area contributed by atoms with Gasteiger partial charge in [-0.15, -0.1) is 0 Å². The minimum atomic E-state index is -0.166. The van der Waals surface area contributed by atoms with Gasteiger partial charge in [0.2, 0.25) is 5.91 Å². The Hall–Kier alpha value is -3.61. The second kappa shape index (κ2) is 7.79. The Labute approximate surface area is 167 Å². The molecule has 2 aromatic carbocycles. The van der Waals surface area contributed by atoms with Crippen molar-refractivity contribution in [2.45, 2.75) is 13.0 Å². The lowest BCUT2D eigenvalue weighted by molar-refractivity contribution is -0.120. The molecule has 0 aliphatic carbocycles. The molecule has 148 valence electrons. The van der Waals surface area contributed by atoms with Crippen LogP contribution in [0.3, 0.4) is 0 Å². The summed E-state index contributed by atoms with van der Waals surface area (Å²) in [5, 5.41) is 9.61. The van der Waals surface area contributed by atoms with Gasteiger partial charge in [0.1, 0.15) is 5.75 Å². The maximum absolute atomic E-state index is 12.5. The molecule has 4 rings (SSSR count). The van der Waals surface area contributed by atoms with Crippen LogP contribution in [0.5, 0.6) is 5.75 Å². The number of nitrogens with one attached hydrogen (secondary N) is 1. The number of rotatable bonds is 6. The van der Waals surface area contributed by atoms with Crippen LogP contribution in [0, 0.1) is 0 Å². The highest BCUT2D eigenvalue weighted by Crippen LogP contribution is 2.21. The summed E-state index contributed by atoms with van der Waals surface area (Å²) >= 11 is 0. The molecule has 0 fully saturated rings. The quantitative estimate of drug-likeness (QED) is 0.548. The van der Waals surface area contributed by atoms with Gasteiger partial charge in [0.05, 0.1) is 24.6 Å². The predicted molar refractivity (Wildman–Crippen MR) is 112 cm³/mol. The molecule has 0 unspecified atom stereocenters. The molecule has 0 spiro atoms. The van der Waals surface area contributed by atoms with E-state index in [0.717, 1.165) is 22.0 Å². The van der Waals surface area contributed by atoms with Gasteiger partial charge in [-0.05, 0) is 30.3 Å². The van der Waals surface area contributed by atoms with E-state index in [1.165, 1.54) is 4.68 Å². The maximum Gasteiger partial charge on any atom is 0.274 e. The highest BCUT2D eigenvalue weighted by atomic mass is 16.5. The van der Waals surface area contributed by atoms with Crippen LogP contribution in [0.25, 0.3) is 21.7 Å². The molecule has 2 aromatic heterocycles. The molecule has 2 heterocycles. The smallest absolute Gasteiger partial charge is 0.274 e. The van der Waals surface area contributed by atoms with Gasteiger partial charge >= 0.3 is 0 Å². The van der Waals surface area contributed by atoms with Gasteiger partial charge in [0, 0.05) is 42.6 Å². The van der Waals surface area contributed by atoms with Gasteiger partial charge in [-0.25, -0.2) is 4.68 Å². The second-order valence-electron chi connectivity index (χ2n) is 6.88. The van der Waals surface area contributed by atoms with Crippen LogP contribution in [0.15, 0.2) is 59.5 Å². The minimum absolute atomic E-state index is 0.123. The largest absolute Gasteiger partial charge is 0.497 e. The number of aromatic nitrogens is 3. The van der Waals surface area contributed by atoms with E-state index in [0.29, 0.717) is 24.2 Å². The first-order valence-electron chi connectivity index (χ1n) is 9.41. The number of benzene rings is 2. The fourth-order valence-electron chi connectivity index (χ4n) is 3.54. The molecule has 0 saturated heterocycles. The van der Waals surface area contributed by atoms with Crippen molar-refractivity contribution in [3.8, 4) is 5.75 Å². The van der Waals surface area contributed by atoms with Crippen molar-refractivity contribution in [1.82, 2.24) is 19.7 Å². The summed E-state index contributed by atoms with van der Waals surface area (Å²) < 4.78 is 8.63. The van der Waals surface area contributed by atoms with E-state index in [9.17, 15) is 9.59 Å². The molecule has 29 heavy (non-hydrogen) atoms. The first kappa shape index (κ1) is 18.7. The fourth-order valence-corrected chi connectivity index (χ4v) is 3.54. The number of carbonyl (C=O) groups is 1. The van der Waals surface area contributed by atoms with Crippen LogP contribution in [0.4, 0.5) is 0 Å². The molecule has 1 amide bonds. The molecule has 0 radical (unpaired) electrons. The molecule has 0 saturated carbocycles. The molecular formula is C22H22N4O3. The van der Waals surface area contributed by atoms with Crippen LogP contribution >= 0.6 is 0 Å². The second-order valence-corrected chi connectivity index (χ2v) is 6.88. The van der Waals surface area contributed by atoms with Gasteiger partial charge in [-0.3, -0.25) is 9.59 Å².